The Balaban J connectivity index is 1.83. The number of pyridine rings is 1. The van der Waals surface area contributed by atoms with Gasteiger partial charge in [0, 0.05) is 17.1 Å². The molecule has 4 rings (SSSR count). The van der Waals surface area contributed by atoms with E-state index in [1.54, 1.807) is 0 Å². The number of aromatic nitrogens is 2. The van der Waals surface area contributed by atoms with Crippen LogP contribution in [0.2, 0.25) is 0 Å². The smallest absolute Gasteiger partial charge is 0.0867 e. The monoisotopic (exact) mass is 248 g/mol. The maximum atomic E-state index is 4.63. The average Bonchev–Trinajstić information content (AvgIpc) is 2.90. The largest absolute Gasteiger partial charge is 0.353 e. The van der Waals surface area contributed by atoms with Gasteiger partial charge in [-0.3, -0.25) is 4.98 Å². The fourth-order valence-corrected chi connectivity index (χ4v) is 2.97. The molecule has 2 heteroatoms. The van der Waals surface area contributed by atoms with Crippen molar-refractivity contribution < 1.29 is 0 Å². The van der Waals surface area contributed by atoms with Gasteiger partial charge in [-0.2, -0.15) is 0 Å². The Morgan fingerprint density at radius 2 is 1.79 bits per heavy atom. The molecular weight excluding hydrogens is 232 g/mol. The summed E-state index contributed by atoms with van der Waals surface area (Å²) < 4.78 is 0. The molecule has 0 amide bonds. The van der Waals surface area contributed by atoms with E-state index >= 15 is 0 Å². The highest BCUT2D eigenvalue weighted by Gasteiger charge is 2.12. The van der Waals surface area contributed by atoms with Gasteiger partial charge in [0.1, 0.15) is 0 Å². The molecular formula is C17H16N2. The highest BCUT2D eigenvalue weighted by Crippen LogP contribution is 2.27. The minimum atomic E-state index is 1.07. The highest BCUT2D eigenvalue weighted by atomic mass is 14.8. The minimum Gasteiger partial charge on any atom is -0.353 e. The van der Waals surface area contributed by atoms with Gasteiger partial charge in [0.05, 0.1) is 11.4 Å². The van der Waals surface area contributed by atoms with Crippen molar-refractivity contribution in [3.05, 3.63) is 53.7 Å². The van der Waals surface area contributed by atoms with E-state index in [0.717, 1.165) is 11.4 Å². The highest BCUT2D eigenvalue weighted by molar-refractivity contribution is 5.85. The molecule has 1 aromatic carbocycles. The lowest BCUT2D eigenvalue weighted by Gasteiger charge is -2.15. The molecule has 0 saturated carbocycles. The molecule has 0 spiro atoms. The lowest BCUT2D eigenvalue weighted by atomic mass is 9.92. The quantitative estimate of drug-likeness (QED) is 0.689. The van der Waals surface area contributed by atoms with E-state index in [4.69, 9.17) is 0 Å². The minimum absolute atomic E-state index is 1.07. The van der Waals surface area contributed by atoms with Crippen LogP contribution in [0.25, 0.3) is 22.3 Å². The van der Waals surface area contributed by atoms with Crippen LogP contribution in [-0.4, -0.2) is 9.97 Å². The first-order valence-corrected chi connectivity index (χ1v) is 6.96. The zero-order chi connectivity index (χ0) is 12.7. The Morgan fingerprint density at radius 3 is 2.68 bits per heavy atom. The third-order valence-electron chi connectivity index (χ3n) is 4.03. The number of rotatable bonds is 1. The van der Waals surface area contributed by atoms with Gasteiger partial charge >= 0.3 is 0 Å². The molecule has 2 nitrogen and oxygen atoms in total. The summed E-state index contributed by atoms with van der Waals surface area (Å²) in [6, 6.07) is 12.8. The first-order valence-electron chi connectivity index (χ1n) is 6.96. The van der Waals surface area contributed by atoms with E-state index in [0.29, 0.717) is 0 Å². The van der Waals surface area contributed by atoms with Crippen LogP contribution >= 0.6 is 0 Å². The zero-order valence-electron chi connectivity index (χ0n) is 10.8. The van der Waals surface area contributed by atoms with Gasteiger partial charge in [0.2, 0.25) is 0 Å². The van der Waals surface area contributed by atoms with Gasteiger partial charge in [-0.1, -0.05) is 18.2 Å². The summed E-state index contributed by atoms with van der Waals surface area (Å²) in [5, 5.41) is 1.25. The van der Waals surface area contributed by atoms with Crippen LogP contribution in [0.15, 0.2) is 42.6 Å². The number of nitrogens with zero attached hydrogens (tertiary/aromatic N) is 1. The van der Waals surface area contributed by atoms with E-state index in [9.17, 15) is 0 Å². The summed E-state index contributed by atoms with van der Waals surface area (Å²) in [5.41, 5.74) is 6.28. The molecule has 0 saturated heterocycles. The second-order valence-corrected chi connectivity index (χ2v) is 5.32. The Hall–Kier alpha value is -2.09. The number of para-hydroxylation sites is 1. The van der Waals surface area contributed by atoms with Crippen molar-refractivity contribution >= 4 is 10.9 Å². The van der Waals surface area contributed by atoms with Crippen LogP contribution in [0.4, 0.5) is 0 Å². The lowest BCUT2D eigenvalue weighted by Crippen LogP contribution is -2.03. The van der Waals surface area contributed by atoms with Gasteiger partial charge in [0.25, 0.3) is 0 Å². The van der Waals surface area contributed by atoms with Crippen LogP contribution in [0.5, 0.6) is 0 Å². The van der Waals surface area contributed by atoms with Crippen molar-refractivity contribution in [1.82, 2.24) is 9.97 Å². The van der Waals surface area contributed by atoms with Crippen LogP contribution in [0.3, 0.4) is 0 Å². The van der Waals surface area contributed by atoms with E-state index < -0.39 is 0 Å². The Kier molecular flexibility index (Phi) is 2.41. The molecule has 0 aliphatic heterocycles. The molecule has 3 aromatic rings. The lowest BCUT2D eigenvalue weighted by molar-refractivity contribution is 0.682. The van der Waals surface area contributed by atoms with Crippen molar-refractivity contribution in [2.45, 2.75) is 25.7 Å². The summed E-state index contributed by atoms with van der Waals surface area (Å²) in [7, 11) is 0. The molecule has 2 aromatic heterocycles. The van der Waals surface area contributed by atoms with Crippen LogP contribution in [-0.2, 0) is 12.8 Å². The standard InChI is InChI=1S/C17H16N2/c1-2-7-14-11-18-16(9-12(14)5-1)17-10-13-6-3-4-8-15(13)19-17/h3-4,6,8-11,19H,1-2,5,7H2. The number of aryl methyl sites for hydroxylation is 2. The van der Waals surface area contributed by atoms with E-state index in [1.165, 1.54) is 47.7 Å². The first kappa shape index (κ1) is 10.8. The topological polar surface area (TPSA) is 28.7 Å². The number of H-pyrrole nitrogens is 1. The SMILES string of the molecule is c1ccc2[nH]c(-c3cc4c(cn3)CCCC4)cc2c1. The van der Waals surface area contributed by atoms with Crippen molar-refractivity contribution in [2.75, 3.05) is 0 Å². The van der Waals surface area contributed by atoms with E-state index in [1.807, 2.05) is 0 Å². The fourth-order valence-electron chi connectivity index (χ4n) is 2.97. The summed E-state index contributed by atoms with van der Waals surface area (Å²) in [6.45, 7) is 0. The van der Waals surface area contributed by atoms with Crippen molar-refractivity contribution in [1.29, 1.82) is 0 Å². The number of nitrogens with one attached hydrogen (secondary N) is 1. The van der Waals surface area contributed by atoms with Crippen molar-refractivity contribution in [3.63, 3.8) is 0 Å². The number of aromatic amines is 1. The predicted octanol–water partition coefficient (Wildman–Crippen LogP) is 4.11. The second-order valence-electron chi connectivity index (χ2n) is 5.32. The summed E-state index contributed by atoms with van der Waals surface area (Å²) in [5.74, 6) is 0. The van der Waals surface area contributed by atoms with Gasteiger partial charge in [-0.05, 0) is 55.0 Å². The molecule has 0 radical (unpaired) electrons. The van der Waals surface area contributed by atoms with Crippen molar-refractivity contribution in [2.24, 2.45) is 0 Å². The molecule has 94 valence electrons. The molecule has 0 unspecified atom stereocenters. The van der Waals surface area contributed by atoms with Crippen LogP contribution in [0, 0.1) is 0 Å². The molecule has 1 aliphatic carbocycles. The van der Waals surface area contributed by atoms with Crippen LogP contribution in [0.1, 0.15) is 24.0 Å². The molecule has 0 atom stereocenters. The summed E-state index contributed by atoms with van der Waals surface area (Å²) in [6.07, 6.45) is 7.07. The Labute approximate surface area is 112 Å². The molecule has 1 N–H and O–H groups in total. The van der Waals surface area contributed by atoms with Gasteiger partial charge in [-0.15, -0.1) is 0 Å². The molecule has 2 heterocycles. The Morgan fingerprint density at radius 1 is 0.947 bits per heavy atom. The maximum Gasteiger partial charge on any atom is 0.0867 e. The number of fused-ring (bicyclic) bond motifs is 2. The molecule has 0 bridgehead atoms. The average molecular weight is 248 g/mol. The molecule has 1 aliphatic rings. The van der Waals surface area contributed by atoms with E-state index in [2.05, 4.69) is 52.6 Å². The maximum absolute atomic E-state index is 4.63. The number of hydrogen-bond acceptors (Lipinski definition) is 1. The molecule has 19 heavy (non-hydrogen) atoms. The predicted molar refractivity (Wildman–Crippen MR) is 78.2 cm³/mol. The molecule has 0 fully saturated rings. The van der Waals surface area contributed by atoms with Gasteiger partial charge < -0.3 is 4.98 Å². The number of hydrogen-bond donors (Lipinski definition) is 1. The third-order valence-corrected chi connectivity index (χ3v) is 4.03. The fraction of sp³-hybridized carbons (Fsp3) is 0.235. The third kappa shape index (κ3) is 1.84. The zero-order valence-corrected chi connectivity index (χ0v) is 10.8. The van der Waals surface area contributed by atoms with Gasteiger partial charge in [-0.25, -0.2) is 0 Å². The van der Waals surface area contributed by atoms with Gasteiger partial charge in [0.15, 0.2) is 0 Å². The first-order chi connectivity index (χ1) is 9.40. The second kappa shape index (κ2) is 4.23. The van der Waals surface area contributed by atoms with E-state index in [-0.39, 0.29) is 0 Å². The number of benzene rings is 1. The summed E-state index contributed by atoms with van der Waals surface area (Å²) >= 11 is 0. The summed E-state index contributed by atoms with van der Waals surface area (Å²) in [4.78, 5) is 8.08. The van der Waals surface area contributed by atoms with Crippen LogP contribution < -0.4 is 0 Å². The van der Waals surface area contributed by atoms with Crippen molar-refractivity contribution in [3.8, 4) is 11.4 Å². The normalized spacial score (nSPS) is 14.5. The Bertz CT molecular complexity index is 707.